The molecule has 1 aliphatic heterocycles. The van der Waals surface area contributed by atoms with Crippen LogP contribution in [-0.2, 0) is 38.2 Å². The van der Waals surface area contributed by atoms with Gasteiger partial charge in [-0.2, -0.15) is 0 Å². The van der Waals surface area contributed by atoms with Crippen molar-refractivity contribution < 1.29 is 38.2 Å². The first kappa shape index (κ1) is 22.2. The van der Waals surface area contributed by atoms with E-state index in [0.717, 1.165) is 0 Å². The second-order valence-electron chi connectivity index (χ2n) is 5.19. The molecule has 0 aromatic rings. The lowest BCUT2D eigenvalue weighted by Crippen LogP contribution is -2.32. The van der Waals surface area contributed by atoms with E-state index in [4.69, 9.17) is 23.8 Å². The maximum atomic E-state index is 11.5. The molecule has 0 N–H and O–H groups in total. The van der Waals surface area contributed by atoms with Gasteiger partial charge in [0.05, 0.1) is 65.8 Å². The molecule has 10 nitrogen and oxygen atoms in total. The van der Waals surface area contributed by atoms with Crippen molar-refractivity contribution in [2.45, 2.75) is 19.3 Å². The molecule has 26 heavy (non-hydrogen) atoms. The Hall–Kier alpha value is -1.88. The summed E-state index contributed by atoms with van der Waals surface area (Å²) in [6.07, 6.45) is 0.0918. The van der Waals surface area contributed by atoms with E-state index in [1.807, 2.05) is 0 Å². The van der Waals surface area contributed by atoms with Gasteiger partial charge in [-0.1, -0.05) is 0 Å². The van der Waals surface area contributed by atoms with Crippen LogP contribution in [0.4, 0.5) is 0 Å². The highest BCUT2D eigenvalue weighted by molar-refractivity contribution is 6.01. The fourth-order valence-corrected chi connectivity index (χ4v) is 1.85. The Balaban J connectivity index is 1.83. The molecule has 1 fully saturated rings. The van der Waals surface area contributed by atoms with Crippen molar-refractivity contribution >= 4 is 24.5 Å². The lowest BCUT2D eigenvalue weighted by Gasteiger charge is -2.12. The van der Waals surface area contributed by atoms with Gasteiger partial charge < -0.3 is 23.8 Å². The van der Waals surface area contributed by atoms with Crippen LogP contribution in [-0.4, -0.2) is 89.0 Å². The molecule has 1 aliphatic rings. The van der Waals surface area contributed by atoms with Gasteiger partial charge in [-0.25, -0.2) is 4.79 Å². The quantitative estimate of drug-likeness (QED) is 0.206. The Labute approximate surface area is 152 Å². The molecule has 1 rings (SSSR count). The molecule has 10 heteroatoms. The lowest BCUT2D eigenvalue weighted by atomic mass is 10.4. The maximum absolute atomic E-state index is 11.5. The highest BCUT2D eigenvalue weighted by atomic mass is 16.7. The number of carbonyl (C=O) groups excluding carboxylic acids is 3. The number of amides is 2. The predicted molar refractivity (Wildman–Crippen MR) is 89.5 cm³/mol. The fraction of sp³-hybridized carbons (Fsp3) is 0.750. The predicted octanol–water partition coefficient (Wildman–Crippen LogP) is -0.249. The molecule has 0 aliphatic carbocycles. The van der Waals surface area contributed by atoms with Crippen molar-refractivity contribution in [1.29, 1.82) is 0 Å². The third-order valence-corrected chi connectivity index (χ3v) is 3.16. The number of aliphatic imine (C=N–C) groups is 1. The van der Waals surface area contributed by atoms with E-state index >= 15 is 0 Å². The van der Waals surface area contributed by atoms with Gasteiger partial charge in [0.15, 0.2) is 0 Å². The Morgan fingerprint density at radius 1 is 0.846 bits per heavy atom. The van der Waals surface area contributed by atoms with E-state index in [-0.39, 0.29) is 25.9 Å². The average molecular weight is 374 g/mol. The molecule has 1 heterocycles. The maximum Gasteiger partial charge on any atom is 0.335 e. The normalized spacial score (nSPS) is 14.1. The van der Waals surface area contributed by atoms with Crippen molar-refractivity contribution in [3.05, 3.63) is 0 Å². The van der Waals surface area contributed by atoms with E-state index in [0.29, 0.717) is 57.9 Å². The minimum Gasteiger partial charge on any atom is -0.378 e. The van der Waals surface area contributed by atoms with Crippen LogP contribution in [0.3, 0.4) is 0 Å². The van der Waals surface area contributed by atoms with Gasteiger partial charge in [0, 0.05) is 12.8 Å². The summed E-state index contributed by atoms with van der Waals surface area (Å²) in [5.41, 5.74) is 0. The minimum absolute atomic E-state index is 0.0540. The number of carbonyl (C=O) groups is 3. The van der Waals surface area contributed by atoms with Crippen LogP contribution in [0.15, 0.2) is 4.99 Å². The zero-order valence-corrected chi connectivity index (χ0v) is 14.9. The highest BCUT2D eigenvalue weighted by Gasteiger charge is 2.32. The van der Waals surface area contributed by atoms with Crippen molar-refractivity contribution in [3.63, 3.8) is 0 Å². The number of imide groups is 1. The Morgan fingerprint density at radius 3 is 1.81 bits per heavy atom. The lowest BCUT2D eigenvalue weighted by molar-refractivity contribution is -0.198. The smallest absolute Gasteiger partial charge is 0.335 e. The van der Waals surface area contributed by atoms with Crippen molar-refractivity contribution in [2.24, 2.45) is 4.99 Å². The van der Waals surface area contributed by atoms with Crippen LogP contribution in [0.25, 0.3) is 0 Å². The summed E-state index contributed by atoms with van der Waals surface area (Å²) in [5.74, 6) is -1.69. The third-order valence-electron chi connectivity index (χ3n) is 3.16. The second-order valence-corrected chi connectivity index (χ2v) is 5.19. The van der Waals surface area contributed by atoms with Crippen LogP contribution in [0, 0.1) is 0 Å². The van der Waals surface area contributed by atoms with Crippen LogP contribution < -0.4 is 0 Å². The largest absolute Gasteiger partial charge is 0.378 e. The van der Waals surface area contributed by atoms with Gasteiger partial charge >= 0.3 is 5.97 Å². The van der Waals surface area contributed by atoms with E-state index < -0.39 is 17.8 Å². The van der Waals surface area contributed by atoms with Crippen LogP contribution >= 0.6 is 0 Å². The molecule has 0 radical (unpaired) electrons. The highest BCUT2D eigenvalue weighted by Crippen LogP contribution is 2.12. The summed E-state index contributed by atoms with van der Waals surface area (Å²) >= 11 is 0. The number of ether oxygens (including phenoxy) is 4. The number of hydrogen-bond acceptors (Lipinski definition) is 9. The molecule has 0 unspecified atom stereocenters. The van der Waals surface area contributed by atoms with E-state index in [2.05, 4.69) is 11.7 Å². The first-order valence-electron chi connectivity index (χ1n) is 8.45. The third kappa shape index (κ3) is 10.2. The van der Waals surface area contributed by atoms with Crippen molar-refractivity contribution in [1.82, 2.24) is 5.06 Å². The Morgan fingerprint density at radius 2 is 1.31 bits per heavy atom. The molecule has 148 valence electrons. The summed E-state index contributed by atoms with van der Waals surface area (Å²) in [7, 11) is 0. The van der Waals surface area contributed by atoms with Gasteiger partial charge in [-0.15, -0.1) is 5.06 Å². The zero-order valence-electron chi connectivity index (χ0n) is 14.9. The Kier molecular flexibility index (Phi) is 12.2. The topological polar surface area (TPSA) is 113 Å². The van der Waals surface area contributed by atoms with Gasteiger partial charge in [0.2, 0.25) is 0 Å². The summed E-state index contributed by atoms with van der Waals surface area (Å²) in [6.45, 7) is 7.14. The van der Waals surface area contributed by atoms with Gasteiger partial charge in [0.25, 0.3) is 11.8 Å². The first-order valence-corrected chi connectivity index (χ1v) is 8.45. The second kappa shape index (κ2) is 14.3. The minimum atomic E-state index is -0.686. The summed E-state index contributed by atoms with van der Waals surface area (Å²) < 4.78 is 21.0. The molecule has 0 spiro atoms. The van der Waals surface area contributed by atoms with E-state index in [1.165, 1.54) is 0 Å². The molecule has 0 aromatic heterocycles. The van der Waals surface area contributed by atoms with Crippen molar-refractivity contribution in [3.8, 4) is 0 Å². The van der Waals surface area contributed by atoms with Gasteiger partial charge in [0.1, 0.15) is 0 Å². The van der Waals surface area contributed by atoms with Crippen LogP contribution in [0.5, 0.6) is 0 Å². The summed E-state index contributed by atoms with van der Waals surface area (Å²) in [6, 6.07) is 0. The monoisotopic (exact) mass is 374 g/mol. The molecular formula is C16H26N2O8. The molecule has 0 atom stereocenters. The molecule has 0 saturated carbocycles. The van der Waals surface area contributed by atoms with Gasteiger partial charge in [-0.3, -0.25) is 14.6 Å². The summed E-state index contributed by atoms with van der Waals surface area (Å²) in [5, 5.41) is 0.521. The number of rotatable bonds is 16. The molecule has 0 aromatic carbocycles. The Bertz CT molecular complexity index is 442. The number of nitrogens with zero attached hydrogens (tertiary/aromatic N) is 2. The fourth-order valence-electron chi connectivity index (χ4n) is 1.85. The number of hydrogen-bond donors (Lipinski definition) is 0. The van der Waals surface area contributed by atoms with E-state index in [9.17, 15) is 14.4 Å². The van der Waals surface area contributed by atoms with E-state index in [1.54, 1.807) is 0 Å². The SMILES string of the molecule is C=NCCOCCOCCOCCOCCC(=O)ON1C(=O)CCC1=O. The molecular weight excluding hydrogens is 348 g/mol. The standard InChI is InChI=1S/C16H26N2O8/c1-17-5-7-23-9-11-25-13-12-24-10-8-22-6-4-16(21)26-18-14(19)2-3-15(18)20/h1-13H2. The molecule has 1 saturated heterocycles. The van der Waals surface area contributed by atoms with Gasteiger partial charge in [-0.05, 0) is 6.72 Å². The number of hydroxylamine groups is 2. The summed E-state index contributed by atoms with van der Waals surface area (Å²) in [4.78, 5) is 42.4. The zero-order chi connectivity index (χ0) is 19.0. The van der Waals surface area contributed by atoms with Crippen LogP contribution in [0.2, 0.25) is 0 Å². The van der Waals surface area contributed by atoms with Crippen LogP contribution in [0.1, 0.15) is 19.3 Å². The van der Waals surface area contributed by atoms with Crippen molar-refractivity contribution in [2.75, 3.05) is 59.4 Å². The average Bonchev–Trinajstić information content (AvgIpc) is 2.94. The molecule has 0 bridgehead atoms. The first-order chi connectivity index (χ1) is 12.6. The molecule has 2 amide bonds.